The number of carboxylic acid groups (broad SMARTS) is 1. The highest BCUT2D eigenvalue weighted by Gasteiger charge is 2.39. The summed E-state index contributed by atoms with van der Waals surface area (Å²) in [6, 6.07) is 0. The number of carboxylic acids is 1. The fourth-order valence-corrected chi connectivity index (χ4v) is 2.32. The second-order valence-corrected chi connectivity index (χ2v) is 4.90. The van der Waals surface area contributed by atoms with Crippen molar-refractivity contribution in [1.29, 1.82) is 0 Å². The second-order valence-electron chi connectivity index (χ2n) is 4.90. The van der Waals surface area contributed by atoms with E-state index in [4.69, 9.17) is 9.84 Å². The number of carbonyl (C=O) groups is 1. The summed E-state index contributed by atoms with van der Waals surface area (Å²) in [7, 11) is 0. The van der Waals surface area contributed by atoms with Crippen LogP contribution in [0, 0.1) is 11.8 Å². The van der Waals surface area contributed by atoms with E-state index in [1.165, 1.54) is 0 Å². The number of rotatable bonds is 5. The van der Waals surface area contributed by atoms with E-state index in [-0.39, 0.29) is 18.1 Å². The Hall–Kier alpha value is -0.570. The first-order chi connectivity index (χ1) is 7.04. The summed E-state index contributed by atoms with van der Waals surface area (Å²) in [5.74, 6) is -0.404. The third-order valence-corrected chi connectivity index (χ3v) is 2.96. The highest BCUT2D eigenvalue weighted by Crippen LogP contribution is 2.32. The minimum atomic E-state index is -0.695. The lowest BCUT2D eigenvalue weighted by Crippen LogP contribution is -2.23. The van der Waals surface area contributed by atoms with Crippen LogP contribution in [0.15, 0.2) is 0 Å². The minimum absolute atomic E-state index is 0.0590. The average Bonchev–Trinajstić information content (AvgIpc) is 2.47. The zero-order valence-corrected chi connectivity index (χ0v) is 9.90. The quantitative estimate of drug-likeness (QED) is 0.765. The van der Waals surface area contributed by atoms with E-state index >= 15 is 0 Å². The maximum Gasteiger partial charge on any atom is 0.309 e. The van der Waals surface area contributed by atoms with Gasteiger partial charge in [-0.3, -0.25) is 4.79 Å². The van der Waals surface area contributed by atoms with Gasteiger partial charge in [0.2, 0.25) is 0 Å². The lowest BCUT2D eigenvalue weighted by atomic mass is 9.94. The summed E-state index contributed by atoms with van der Waals surface area (Å²) >= 11 is 0. The molecule has 1 fully saturated rings. The van der Waals surface area contributed by atoms with Crippen molar-refractivity contribution in [2.24, 2.45) is 11.8 Å². The van der Waals surface area contributed by atoms with Crippen molar-refractivity contribution < 1.29 is 14.6 Å². The van der Waals surface area contributed by atoms with Crippen LogP contribution in [0.1, 0.15) is 46.5 Å². The summed E-state index contributed by atoms with van der Waals surface area (Å²) < 4.78 is 5.81. The normalized spacial score (nSPS) is 31.1. The molecule has 0 aliphatic carbocycles. The maximum atomic E-state index is 11.0. The number of aliphatic carboxylic acids is 1. The predicted molar refractivity (Wildman–Crippen MR) is 58.8 cm³/mol. The molecule has 0 saturated carbocycles. The average molecular weight is 214 g/mol. The standard InChI is InChI=1S/C12H22O3/c1-4-5-11-10(12(13)14)7-9(15-11)6-8(2)3/h8-11H,4-7H2,1-3H3,(H,13,14). The molecule has 0 aromatic rings. The lowest BCUT2D eigenvalue weighted by molar-refractivity contribution is -0.143. The van der Waals surface area contributed by atoms with Crippen LogP contribution in [0.4, 0.5) is 0 Å². The van der Waals surface area contributed by atoms with Crippen molar-refractivity contribution in [2.75, 3.05) is 0 Å². The summed E-state index contributed by atoms with van der Waals surface area (Å²) in [6.45, 7) is 6.36. The smallest absolute Gasteiger partial charge is 0.309 e. The molecule has 0 aromatic carbocycles. The van der Waals surface area contributed by atoms with E-state index in [2.05, 4.69) is 20.8 Å². The molecule has 0 radical (unpaired) electrons. The summed E-state index contributed by atoms with van der Waals surface area (Å²) in [5, 5.41) is 9.08. The molecule has 15 heavy (non-hydrogen) atoms. The van der Waals surface area contributed by atoms with Crippen LogP contribution in [0.5, 0.6) is 0 Å². The highest BCUT2D eigenvalue weighted by atomic mass is 16.5. The Kier molecular flexibility index (Phi) is 4.58. The Morgan fingerprint density at radius 2 is 2.20 bits per heavy atom. The highest BCUT2D eigenvalue weighted by molar-refractivity contribution is 5.71. The van der Waals surface area contributed by atoms with Gasteiger partial charge in [-0.2, -0.15) is 0 Å². The van der Waals surface area contributed by atoms with Crippen LogP contribution in [0.25, 0.3) is 0 Å². The second kappa shape index (κ2) is 5.50. The molecule has 1 N–H and O–H groups in total. The summed E-state index contributed by atoms with van der Waals surface area (Å²) in [6.07, 6.45) is 3.62. The lowest BCUT2D eigenvalue weighted by Gasteiger charge is -2.15. The minimum Gasteiger partial charge on any atom is -0.481 e. The van der Waals surface area contributed by atoms with Gasteiger partial charge >= 0.3 is 5.97 Å². The van der Waals surface area contributed by atoms with Crippen LogP contribution < -0.4 is 0 Å². The van der Waals surface area contributed by atoms with Crippen LogP contribution in [0.2, 0.25) is 0 Å². The van der Waals surface area contributed by atoms with Crippen molar-refractivity contribution in [1.82, 2.24) is 0 Å². The van der Waals surface area contributed by atoms with Gasteiger partial charge in [0, 0.05) is 0 Å². The van der Waals surface area contributed by atoms with Crippen LogP contribution in [-0.4, -0.2) is 23.3 Å². The molecular formula is C12H22O3. The summed E-state index contributed by atoms with van der Waals surface area (Å²) in [4.78, 5) is 11.0. The third kappa shape index (κ3) is 3.49. The Bertz CT molecular complexity index is 213. The van der Waals surface area contributed by atoms with E-state index in [1.54, 1.807) is 0 Å². The van der Waals surface area contributed by atoms with Gasteiger partial charge in [-0.1, -0.05) is 27.2 Å². The first kappa shape index (κ1) is 12.5. The van der Waals surface area contributed by atoms with E-state index in [1.807, 2.05) is 0 Å². The van der Waals surface area contributed by atoms with Gasteiger partial charge in [0.25, 0.3) is 0 Å². The van der Waals surface area contributed by atoms with Gasteiger partial charge in [-0.25, -0.2) is 0 Å². The Balaban J connectivity index is 2.52. The van der Waals surface area contributed by atoms with E-state index in [0.717, 1.165) is 19.3 Å². The molecule has 1 aliphatic rings. The largest absolute Gasteiger partial charge is 0.481 e. The fraction of sp³-hybridized carbons (Fsp3) is 0.917. The predicted octanol–water partition coefficient (Wildman–Crippen LogP) is 2.69. The maximum absolute atomic E-state index is 11.0. The van der Waals surface area contributed by atoms with Crippen LogP contribution >= 0.6 is 0 Å². The summed E-state index contributed by atoms with van der Waals surface area (Å²) in [5.41, 5.74) is 0. The van der Waals surface area contributed by atoms with Gasteiger partial charge in [0.15, 0.2) is 0 Å². The number of ether oxygens (including phenoxy) is 1. The number of hydrogen-bond donors (Lipinski definition) is 1. The first-order valence-electron chi connectivity index (χ1n) is 5.92. The van der Waals surface area contributed by atoms with E-state index in [9.17, 15) is 4.79 Å². The molecule has 0 spiro atoms. The van der Waals surface area contributed by atoms with Gasteiger partial charge in [0.1, 0.15) is 0 Å². The van der Waals surface area contributed by atoms with Crippen molar-refractivity contribution in [2.45, 2.75) is 58.7 Å². The van der Waals surface area contributed by atoms with Gasteiger partial charge in [-0.15, -0.1) is 0 Å². The zero-order chi connectivity index (χ0) is 11.4. The van der Waals surface area contributed by atoms with Gasteiger partial charge in [0.05, 0.1) is 18.1 Å². The van der Waals surface area contributed by atoms with Crippen molar-refractivity contribution >= 4 is 5.97 Å². The molecule has 1 aliphatic heterocycles. The molecular weight excluding hydrogens is 192 g/mol. The SMILES string of the molecule is CCCC1OC(CC(C)C)CC1C(=O)O. The monoisotopic (exact) mass is 214 g/mol. The molecule has 3 atom stereocenters. The molecule has 0 aromatic heterocycles. The Labute approximate surface area is 91.8 Å². The molecule has 3 unspecified atom stereocenters. The molecule has 1 rings (SSSR count). The van der Waals surface area contributed by atoms with Gasteiger partial charge in [-0.05, 0) is 25.2 Å². The molecule has 0 bridgehead atoms. The van der Waals surface area contributed by atoms with Crippen molar-refractivity contribution in [3.05, 3.63) is 0 Å². The zero-order valence-electron chi connectivity index (χ0n) is 9.90. The molecule has 3 nitrogen and oxygen atoms in total. The van der Waals surface area contributed by atoms with Crippen molar-refractivity contribution in [3.63, 3.8) is 0 Å². The van der Waals surface area contributed by atoms with Crippen LogP contribution in [-0.2, 0) is 9.53 Å². The number of hydrogen-bond acceptors (Lipinski definition) is 2. The molecule has 1 saturated heterocycles. The van der Waals surface area contributed by atoms with E-state index < -0.39 is 5.97 Å². The molecule has 0 amide bonds. The molecule has 3 heteroatoms. The van der Waals surface area contributed by atoms with Gasteiger partial charge < -0.3 is 9.84 Å². The first-order valence-corrected chi connectivity index (χ1v) is 5.92. The van der Waals surface area contributed by atoms with Crippen LogP contribution in [0.3, 0.4) is 0 Å². The fourth-order valence-electron chi connectivity index (χ4n) is 2.32. The van der Waals surface area contributed by atoms with E-state index in [0.29, 0.717) is 12.3 Å². The molecule has 88 valence electrons. The molecule has 1 heterocycles. The topological polar surface area (TPSA) is 46.5 Å². The Morgan fingerprint density at radius 3 is 2.67 bits per heavy atom. The third-order valence-electron chi connectivity index (χ3n) is 2.96. The Morgan fingerprint density at radius 1 is 1.53 bits per heavy atom. The van der Waals surface area contributed by atoms with Crippen molar-refractivity contribution in [3.8, 4) is 0 Å².